The minimum atomic E-state index is 0. The Hall–Kier alpha value is -1.68. The molecule has 148 valence electrons. The molecule has 27 heavy (non-hydrogen) atoms. The molecule has 0 amide bonds. The molecule has 0 saturated carbocycles. The van der Waals surface area contributed by atoms with E-state index in [1.54, 1.807) is 0 Å². The highest BCUT2D eigenvalue weighted by atomic mass is 127. The highest BCUT2D eigenvalue weighted by Gasteiger charge is 2.24. The van der Waals surface area contributed by atoms with Gasteiger partial charge in [0.15, 0.2) is 11.8 Å². The van der Waals surface area contributed by atoms with Gasteiger partial charge in [0.2, 0.25) is 5.89 Å². The highest BCUT2D eigenvalue weighted by molar-refractivity contribution is 14.0. The summed E-state index contributed by atoms with van der Waals surface area (Å²) in [6.07, 6.45) is 2.45. The van der Waals surface area contributed by atoms with Crippen LogP contribution in [0.25, 0.3) is 0 Å². The topological polar surface area (TPSA) is 78.6 Å². The fourth-order valence-electron chi connectivity index (χ4n) is 3.26. The maximum Gasteiger partial charge on any atom is 0.248 e. The number of benzene rings is 1. The Kier molecular flexibility index (Phi) is 8.99. The van der Waals surface area contributed by atoms with E-state index in [0.29, 0.717) is 24.3 Å². The summed E-state index contributed by atoms with van der Waals surface area (Å²) in [6, 6.07) is 11.2. The Morgan fingerprint density at radius 2 is 2.11 bits per heavy atom. The van der Waals surface area contributed by atoms with Crippen molar-refractivity contribution in [3.8, 4) is 0 Å². The standard InChI is InChI=1S/C19H28N6O.HI/c1-3-20-19(22-13-18-23-15(2)24-26-18)21-12-17-10-7-11-25(17)14-16-8-5-4-6-9-16;/h4-6,8-9,17H,3,7,10-14H2,1-2H3,(H2,20,21,22);1H. The molecule has 3 rings (SSSR count). The van der Waals surface area contributed by atoms with Crippen molar-refractivity contribution in [2.24, 2.45) is 4.99 Å². The number of halogens is 1. The number of aryl methyl sites for hydroxylation is 1. The molecule has 1 fully saturated rings. The van der Waals surface area contributed by atoms with Gasteiger partial charge in [-0.1, -0.05) is 35.5 Å². The molecule has 0 radical (unpaired) electrons. The van der Waals surface area contributed by atoms with Crippen LogP contribution in [0.1, 0.15) is 37.0 Å². The number of likely N-dealkylation sites (tertiary alicyclic amines) is 1. The van der Waals surface area contributed by atoms with Crippen molar-refractivity contribution in [2.75, 3.05) is 19.6 Å². The van der Waals surface area contributed by atoms with E-state index in [9.17, 15) is 0 Å². The van der Waals surface area contributed by atoms with Crippen molar-refractivity contribution >= 4 is 29.9 Å². The third-order valence-corrected chi connectivity index (χ3v) is 4.52. The van der Waals surface area contributed by atoms with Gasteiger partial charge in [-0.15, -0.1) is 24.0 Å². The van der Waals surface area contributed by atoms with Crippen molar-refractivity contribution in [1.29, 1.82) is 0 Å². The number of aliphatic imine (C=N–C) groups is 1. The second-order valence-corrected chi connectivity index (χ2v) is 6.56. The summed E-state index contributed by atoms with van der Waals surface area (Å²) in [5.74, 6) is 1.96. The fraction of sp³-hybridized carbons (Fsp3) is 0.526. The van der Waals surface area contributed by atoms with Gasteiger partial charge in [-0.25, -0.2) is 4.99 Å². The second-order valence-electron chi connectivity index (χ2n) is 6.56. The zero-order chi connectivity index (χ0) is 18.2. The summed E-state index contributed by atoms with van der Waals surface area (Å²) in [5.41, 5.74) is 1.37. The van der Waals surface area contributed by atoms with Crippen LogP contribution >= 0.6 is 24.0 Å². The van der Waals surface area contributed by atoms with Gasteiger partial charge in [0.1, 0.15) is 6.54 Å². The van der Waals surface area contributed by atoms with Gasteiger partial charge >= 0.3 is 0 Å². The van der Waals surface area contributed by atoms with E-state index in [2.05, 4.69) is 67.9 Å². The number of nitrogens with one attached hydrogen (secondary N) is 2. The molecule has 1 unspecified atom stereocenters. The Morgan fingerprint density at radius 1 is 1.30 bits per heavy atom. The summed E-state index contributed by atoms with van der Waals surface area (Å²) in [7, 11) is 0. The van der Waals surface area contributed by atoms with Gasteiger partial charge in [0, 0.05) is 25.7 Å². The van der Waals surface area contributed by atoms with Crippen molar-refractivity contribution in [2.45, 2.75) is 45.8 Å². The lowest BCUT2D eigenvalue weighted by Gasteiger charge is -2.25. The van der Waals surface area contributed by atoms with Crippen LogP contribution < -0.4 is 10.6 Å². The summed E-state index contributed by atoms with van der Waals surface area (Å²) in [4.78, 5) is 11.3. The quantitative estimate of drug-likeness (QED) is 0.358. The molecule has 0 bridgehead atoms. The summed E-state index contributed by atoms with van der Waals surface area (Å²) < 4.78 is 5.12. The van der Waals surface area contributed by atoms with Crippen LogP contribution in [0.5, 0.6) is 0 Å². The molecule has 1 saturated heterocycles. The fourth-order valence-corrected chi connectivity index (χ4v) is 3.26. The van der Waals surface area contributed by atoms with E-state index in [1.165, 1.54) is 18.4 Å². The van der Waals surface area contributed by atoms with Crippen LogP contribution in [-0.2, 0) is 13.1 Å². The van der Waals surface area contributed by atoms with E-state index in [1.807, 2.05) is 6.92 Å². The molecule has 0 aliphatic carbocycles. The Bertz CT molecular complexity index is 705. The zero-order valence-electron chi connectivity index (χ0n) is 16.0. The van der Waals surface area contributed by atoms with Crippen molar-refractivity contribution < 1.29 is 4.52 Å². The van der Waals surface area contributed by atoms with Gasteiger partial charge in [0.05, 0.1) is 0 Å². The molecule has 1 aromatic heterocycles. The molecular formula is C19H29IN6O. The number of nitrogens with zero attached hydrogens (tertiary/aromatic N) is 4. The van der Waals surface area contributed by atoms with E-state index in [-0.39, 0.29) is 24.0 Å². The van der Waals surface area contributed by atoms with Gasteiger partial charge in [0.25, 0.3) is 0 Å². The smallest absolute Gasteiger partial charge is 0.248 e. The summed E-state index contributed by atoms with van der Waals surface area (Å²) in [6.45, 7) is 8.09. The van der Waals surface area contributed by atoms with E-state index >= 15 is 0 Å². The van der Waals surface area contributed by atoms with Crippen LogP contribution in [0, 0.1) is 6.92 Å². The van der Waals surface area contributed by atoms with Gasteiger partial charge in [-0.3, -0.25) is 4.90 Å². The Morgan fingerprint density at radius 3 is 2.81 bits per heavy atom. The normalized spacial score (nSPS) is 17.6. The maximum atomic E-state index is 5.12. The minimum Gasteiger partial charge on any atom is -0.357 e. The zero-order valence-corrected chi connectivity index (χ0v) is 18.3. The first-order chi connectivity index (χ1) is 12.7. The summed E-state index contributed by atoms with van der Waals surface area (Å²) in [5, 5.41) is 10.5. The molecule has 1 aromatic carbocycles. The third-order valence-electron chi connectivity index (χ3n) is 4.52. The predicted octanol–water partition coefficient (Wildman–Crippen LogP) is 2.72. The highest BCUT2D eigenvalue weighted by Crippen LogP contribution is 2.19. The third kappa shape index (κ3) is 6.76. The van der Waals surface area contributed by atoms with Crippen molar-refractivity contribution in [3.05, 3.63) is 47.6 Å². The molecule has 2 aromatic rings. The Balaban J connectivity index is 0.00000261. The van der Waals surface area contributed by atoms with Crippen LogP contribution in [0.3, 0.4) is 0 Å². The van der Waals surface area contributed by atoms with Crippen molar-refractivity contribution in [3.63, 3.8) is 0 Å². The second kappa shape index (κ2) is 11.2. The van der Waals surface area contributed by atoms with Crippen LogP contribution in [0.2, 0.25) is 0 Å². The van der Waals surface area contributed by atoms with E-state index in [0.717, 1.165) is 32.1 Å². The molecule has 8 heteroatoms. The molecule has 0 spiro atoms. The SMILES string of the molecule is CCNC(=NCc1nc(C)no1)NCC1CCCN1Cc1ccccc1.I. The number of aromatic nitrogens is 2. The first-order valence-electron chi connectivity index (χ1n) is 9.34. The molecule has 2 heterocycles. The number of guanidine groups is 1. The average Bonchev–Trinajstić information content (AvgIpc) is 3.27. The molecule has 7 nitrogen and oxygen atoms in total. The average molecular weight is 484 g/mol. The van der Waals surface area contributed by atoms with Crippen molar-refractivity contribution in [1.82, 2.24) is 25.7 Å². The first kappa shape index (κ1) is 21.6. The van der Waals surface area contributed by atoms with Gasteiger partial charge in [-0.2, -0.15) is 4.98 Å². The monoisotopic (exact) mass is 484 g/mol. The molecule has 2 N–H and O–H groups in total. The lowest BCUT2D eigenvalue weighted by atomic mass is 10.2. The number of hydrogen-bond acceptors (Lipinski definition) is 5. The molecule has 1 aliphatic rings. The van der Waals surface area contributed by atoms with Gasteiger partial charge < -0.3 is 15.2 Å². The van der Waals surface area contributed by atoms with Crippen LogP contribution in [-0.4, -0.2) is 46.7 Å². The predicted molar refractivity (Wildman–Crippen MR) is 117 cm³/mol. The first-order valence-corrected chi connectivity index (χ1v) is 9.34. The largest absolute Gasteiger partial charge is 0.357 e. The lowest BCUT2D eigenvalue weighted by molar-refractivity contribution is 0.245. The van der Waals surface area contributed by atoms with E-state index < -0.39 is 0 Å². The summed E-state index contributed by atoms with van der Waals surface area (Å²) >= 11 is 0. The molecule has 1 aliphatic heterocycles. The number of rotatable bonds is 7. The van der Waals surface area contributed by atoms with E-state index in [4.69, 9.17) is 4.52 Å². The molecule has 1 atom stereocenters. The number of hydrogen-bond donors (Lipinski definition) is 2. The molecular weight excluding hydrogens is 455 g/mol. The van der Waals surface area contributed by atoms with Crippen LogP contribution in [0.4, 0.5) is 0 Å². The van der Waals surface area contributed by atoms with Gasteiger partial charge in [-0.05, 0) is 38.8 Å². The lowest BCUT2D eigenvalue weighted by Crippen LogP contribution is -2.44. The van der Waals surface area contributed by atoms with Crippen LogP contribution in [0.15, 0.2) is 39.8 Å². The minimum absolute atomic E-state index is 0. The maximum absolute atomic E-state index is 5.12. The Labute approximate surface area is 178 Å².